The van der Waals surface area contributed by atoms with Crippen molar-refractivity contribution < 1.29 is 14.3 Å². The van der Waals surface area contributed by atoms with Crippen molar-refractivity contribution >= 4 is 17.6 Å². The number of nitrogens with one attached hydrogen (secondary N) is 1. The molecule has 0 aromatic heterocycles. The Balaban J connectivity index is 1.90. The number of benzene rings is 1. The van der Waals surface area contributed by atoms with Gasteiger partial charge in [0.1, 0.15) is 12.3 Å². The first-order valence-corrected chi connectivity index (χ1v) is 8.13. The van der Waals surface area contributed by atoms with Crippen LogP contribution in [0.3, 0.4) is 0 Å². The van der Waals surface area contributed by atoms with Crippen molar-refractivity contribution in [1.29, 1.82) is 0 Å². The summed E-state index contributed by atoms with van der Waals surface area (Å²) in [7, 11) is 1.58. The summed E-state index contributed by atoms with van der Waals surface area (Å²) in [4.78, 5) is 27.7. The minimum Gasteiger partial charge on any atom is -0.495 e. The van der Waals surface area contributed by atoms with Crippen LogP contribution < -0.4 is 15.0 Å². The molecule has 0 unspecified atom stereocenters. The Labute approximate surface area is 137 Å². The van der Waals surface area contributed by atoms with Gasteiger partial charge in [-0.2, -0.15) is 0 Å². The van der Waals surface area contributed by atoms with Crippen LogP contribution in [0.25, 0.3) is 0 Å². The molecule has 1 aromatic carbocycles. The van der Waals surface area contributed by atoms with Gasteiger partial charge in [0.2, 0.25) is 5.91 Å². The van der Waals surface area contributed by atoms with E-state index in [2.05, 4.69) is 12.2 Å². The van der Waals surface area contributed by atoms with Crippen molar-refractivity contribution in [3.8, 4) is 5.75 Å². The quantitative estimate of drug-likeness (QED) is 0.748. The van der Waals surface area contributed by atoms with Crippen LogP contribution in [0.2, 0.25) is 0 Å². The molecule has 126 valence electrons. The molecule has 0 bridgehead atoms. The van der Waals surface area contributed by atoms with Crippen LogP contribution >= 0.6 is 0 Å². The average Bonchev–Trinajstić information content (AvgIpc) is 2.92. The molecule has 2 rings (SSSR count). The lowest BCUT2D eigenvalue weighted by molar-refractivity contribution is -0.121. The van der Waals surface area contributed by atoms with Crippen molar-refractivity contribution in [3.05, 3.63) is 24.3 Å². The molecule has 0 aliphatic carbocycles. The van der Waals surface area contributed by atoms with Crippen LogP contribution in [0.4, 0.5) is 10.5 Å². The van der Waals surface area contributed by atoms with Crippen molar-refractivity contribution in [3.63, 3.8) is 0 Å². The van der Waals surface area contributed by atoms with E-state index in [0.717, 1.165) is 24.9 Å². The molecular weight excluding hydrogens is 294 g/mol. The molecule has 3 amide bonds. The van der Waals surface area contributed by atoms with E-state index in [1.165, 1.54) is 0 Å². The van der Waals surface area contributed by atoms with Crippen molar-refractivity contribution in [2.45, 2.75) is 26.2 Å². The summed E-state index contributed by atoms with van der Waals surface area (Å²) in [5.41, 5.74) is 0.742. The summed E-state index contributed by atoms with van der Waals surface area (Å²) < 4.78 is 5.31. The lowest BCUT2D eigenvalue weighted by Crippen LogP contribution is -2.40. The van der Waals surface area contributed by atoms with E-state index >= 15 is 0 Å². The third-order valence-corrected chi connectivity index (χ3v) is 3.91. The zero-order chi connectivity index (χ0) is 16.7. The van der Waals surface area contributed by atoms with Crippen molar-refractivity contribution in [1.82, 2.24) is 10.2 Å². The van der Waals surface area contributed by atoms with Gasteiger partial charge in [0.05, 0.1) is 12.8 Å². The molecule has 1 N–H and O–H groups in total. The Bertz CT molecular complexity index is 548. The number of ether oxygens (including phenoxy) is 1. The smallest absolute Gasteiger partial charge is 0.325 e. The number of amides is 3. The number of unbranched alkanes of at least 4 members (excludes halogenated alkanes) is 2. The zero-order valence-corrected chi connectivity index (χ0v) is 13.9. The standard InChI is InChI=1S/C17H25N3O3/c1-3-4-7-10-18-16(21)13-19-11-12-20(17(19)22)14-8-5-6-9-15(14)23-2/h5-6,8-9H,3-4,7,10-13H2,1-2H3,(H,18,21). The molecular formula is C17H25N3O3. The van der Waals surface area contributed by atoms with Crippen LogP contribution in [0.1, 0.15) is 26.2 Å². The van der Waals surface area contributed by atoms with E-state index in [-0.39, 0.29) is 18.5 Å². The Morgan fingerprint density at radius 2 is 2.04 bits per heavy atom. The molecule has 0 atom stereocenters. The number of hydrogen-bond acceptors (Lipinski definition) is 3. The lowest BCUT2D eigenvalue weighted by Gasteiger charge is -2.20. The second-order valence-electron chi connectivity index (χ2n) is 5.58. The fourth-order valence-electron chi connectivity index (χ4n) is 2.64. The number of anilines is 1. The summed E-state index contributed by atoms with van der Waals surface area (Å²) in [6, 6.07) is 7.26. The Morgan fingerprint density at radius 1 is 1.26 bits per heavy atom. The van der Waals surface area contributed by atoms with Gasteiger partial charge < -0.3 is 15.0 Å². The summed E-state index contributed by atoms with van der Waals surface area (Å²) >= 11 is 0. The number of nitrogens with zero attached hydrogens (tertiary/aromatic N) is 2. The number of urea groups is 1. The van der Waals surface area contributed by atoms with E-state index in [1.54, 1.807) is 16.9 Å². The highest BCUT2D eigenvalue weighted by Gasteiger charge is 2.32. The first-order chi connectivity index (χ1) is 11.2. The van der Waals surface area contributed by atoms with Gasteiger partial charge in [-0.3, -0.25) is 9.69 Å². The highest BCUT2D eigenvalue weighted by molar-refractivity contribution is 5.97. The van der Waals surface area contributed by atoms with Gasteiger partial charge in [-0.15, -0.1) is 0 Å². The first kappa shape index (κ1) is 17.1. The molecule has 1 saturated heterocycles. The largest absolute Gasteiger partial charge is 0.495 e. The number of carbonyl (C=O) groups excluding carboxylic acids is 2. The average molecular weight is 319 g/mol. The van der Waals surface area contributed by atoms with E-state index < -0.39 is 0 Å². The third-order valence-electron chi connectivity index (χ3n) is 3.91. The van der Waals surface area contributed by atoms with Crippen LogP contribution in [0.15, 0.2) is 24.3 Å². The molecule has 0 saturated carbocycles. The lowest BCUT2D eigenvalue weighted by atomic mass is 10.2. The predicted octanol–water partition coefficient (Wildman–Crippen LogP) is 2.24. The molecule has 1 heterocycles. The van der Waals surface area contributed by atoms with Crippen LogP contribution in [-0.4, -0.2) is 50.1 Å². The fourth-order valence-corrected chi connectivity index (χ4v) is 2.64. The summed E-state index contributed by atoms with van der Waals surface area (Å²) in [6.45, 7) is 4.00. The second-order valence-corrected chi connectivity index (χ2v) is 5.58. The van der Waals surface area contributed by atoms with Crippen molar-refractivity contribution in [2.75, 3.05) is 38.2 Å². The van der Waals surface area contributed by atoms with Gasteiger partial charge in [0.15, 0.2) is 0 Å². The van der Waals surface area contributed by atoms with Crippen LogP contribution in [0.5, 0.6) is 5.75 Å². The first-order valence-electron chi connectivity index (χ1n) is 8.13. The van der Waals surface area contributed by atoms with E-state index in [9.17, 15) is 9.59 Å². The Hall–Kier alpha value is -2.24. The highest BCUT2D eigenvalue weighted by atomic mass is 16.5. The molecule has 1 fully saturated rings. The van der Waals surface area contributed by atoms with Gasteiger partial charge in [-0.25, -0.2) is 4.79 Å². The molecule has 1 aromatic rings. The number of methoxy groups -OCH3 is 1. The maximum absolute atomic E-state index is 12.5. The topological polar surface area (TPSA) is 61.9 Å². The number of carbonyl (C=O) groups is 2. The van der Waals surface area contributed by atoms with E-state index in [4.69, 9.17) is 4.74 Å². The molecule has 23 heavy (non-hydrogen) atoms. The monoisotopic (exact) mass is 319 g/mol. The van der Waals surface area contributed by atoms with E-state index in [1.807, 2.05) is 24.3 Å². The zero-order valence-electron chi connectivity index (χ0n) is 13.9. The van der Waals surface area contributed by atoms with Gasteiger partial charge in [0.25, 0.3) is 0 Å². The van der Waals surface area contributed by atoms with Crippen molar-refractivity contribution in [2.24, 2.45) is 0 Å². The van der Waals surface area contributed by atoms with Gasteiger partial charge in [0, 0.05) is 19.6 Å². The second kappa shape index (κ2) is 8.41. The number of para-hydroxylation sites is 2. The maximum Gasteiger partial charge on any atom is 0.325 e. The minimum atomic E-state index is -0.154. The highest BCUT2D eigenvalue weighted by Crippen LogP contribution is 2.30. The maximum atomic E-state index is 12.5. The minimum absolute atomic E-state index is 0.101. The normalized spacial score (nSPS) is 14.3. The molecule has 0 radical (unpaired) electrons. The fraction of sp³-hybridized carbons (Fsp3) is 0.529. The molecule has 6 heteroatoms. The van der Waals surface area contributed by atoms with Crippen LogP contribution in [-0.2, 0) is 4.79 Å². The molecule has 6 nitrogen and oxygen atoms in total. The molecule has 1 aliphatic rings. The van der Waals surface area contributed by atoms with Gasteiger partial charge >= 0.3 is 6.03 Å². The van der Waals surface area contributed by atoms with Gasteiger partial charge in [-0.1, -0.05) is 31.9 Å². The van der Waals surface area contributed by atoms with Gasteiger partial charge in [-0.05, 0) is 18.6 Å². The summed E-state index contributed by atoms with van der Waals surface area (Å²) in [6.07, 6.45) is 3.20. The SMILES string of the molecule is CCCCCNC(=O)CN1CCN(c2ccccc2OC)C1=O. The predicted molar refractivity (Wildman–Crippen MR) is 89.8 cm³/mol. The number of hydrogen-bond donors (Lipinski definition) is 1. The van der Waals surface area contributed by atoms with Crippen LogP contribution in [0, 0.1) is 0 Å². The molecule has 0 spiro atoms. The Kier molecular flexibility index (Phi) is 6.26. The number of rotatable bonds is 8. The Morgan fingerprint density at radius 3 is 2.78 bits per heavy atom. The third kappa shape index (κ3) is 4.37. The summed E-state index contributed by atoms with van der Waals surface area (Å²) in [5, 5.41) is 2.87. The summed E-state index contributed by atoms with van der Waals surface area (Å²) in [5.74, 6) is 0.558. The van der Waals surface area contributed by atoms with E-state index in [0.29, 0.717) is 25.4 Å². The molecule has 1 aliphatic heterocycles.